The first-order chi connectivity index (χ1) is 9.10. The lowest BCUT2D eigenvalue weighted by Crippen LogP contribution is -2.31. The molecule has 0 saturated heterocycles. The summed E-state index contributed by atoms with van der Waals surface area (Å²) in [5.74, 6) is 0.596. The number of unbranched alkanes of at least 4 members (excludes halogenated alkanes) is 1. The first-order valence-electron chi connectivity index (χ1n) is 6.53. The number of aromatic nitrogens is 4. The molecule has 0 spiro atoms. The Labute approximate surface area is 110 Å². The maximum absolute atomic E-state index is 11.9. The Morgan fingerprint density at radius 1 is 1.32 bits per heavy atom. The number of nitrogens with zero attached hydrogens (tertiary/aromatic N) is 3. The number of hydrogen-bond acceptors (Lipinski definition) is 4. The second-order valence-electron chi connectivity index (χ2n) is 4.46. The number of fused-ring (bicyclic) bond motifs is 1. The van der Waals surface area contributed by atoms with Gasteiger partial charge >= 0.3 is 5.69 Å². The molecule has 0 unspecified atom stereocenters. The van der Waals surface area contributed by atoms with E-state index in [0.29, 0.717) is 30.2 Å². The number of rotatable bonds is 5. The second kappa shape index (κ2) is 5.29. The van der Waals surface area contributed by atoms with Crippen LogP contribution in [0.3, 0.4) is 0 Å². The molecule has 7 heteroatoms. The van der Waals surface area contributed by atoms with Crippen LogP contribution in [0.25, 0.3) is 11.2 Å². The van der Waals surface area contributed by atoms with Gasteiger partial charge in [-0.15, -0.1) is 0 Å². The number of aryl methyl sites for hydroxylation is 2. The maximum Gasteiger partial charge on any atom is 0.330 e. The summed E-state index contributed by atoms with van der Waals surface area (Å²) >= 11 is 0. The third-order valence-electron chi connectivity index (χ3n) is 3.08. The molecule has 2 rings (SSSR count). The normalized spacial score (nSPS) is 11.1. The fraction of sp³-hybridized carbons (Fsp3) is 0.583. The molecule has 2 heterocycles. The van der Waals surface area contributed by atoms with E-state index >= 15 is 0 Å². The Morgan fingerprint density at radius 3 is 2.68 bits per heavy atom. The Bertz CT molecular complexity index is 694. The Kier molecular flexibility index (Phi) is 3.73. The van der Waals surface area contributed by atoms with Crippen LogP contribution in [0.2, 0.25) is 0 Å². The zero-order chi connectivity index (χ0) is 14.0. The average Bonchev–Trinajstić information content (AvgIpc) is 2.68. The average molecular weight is 265 g/mol. The molecule has 0 fully saturated rings. The van der Waals surface area contributed by atoms with Crippen LogP contribution in [0, 0.1) is 0 Å². The van der Waals surface area contributed by atoms with E-state index in [-0.39, 0.29) is 0 Å². The van der Waals surface area contributed by atoms with Crippen LogP contribution in [0.1, 0.15) is 26.7 Å². The van der Waals surface area contributed by atoms with E-state index in [0.717, 1.165) is 12.8 Å². The third-order valence-corrected chi connectivity index (χ3v) is 3.08. The van der Waals surface area contributed by atoms with E-state index in [2.05, 4.69) is 22.2 Å². The lowest BCUT2D eigenvalue weighted by molar-refractivity contribution is 0.613. The zero-order valence-electron chi connectivity index (χ0n) is 11.5. The SMILES string of the molecule is CCCCn1c(=O)[nH]c(=O)c2c1nc(NCC)n2C. The van der Waals surface area contributed by atoms with Crippen molar-refractivity contribution in [2.75, 3.05) is 11.9 Å². The maximum atomic E-state index is 11.9. The van der Waals surface area contributed by atoms with Gasteiger partial charge in [0.05, 0.1) is 0 Å². The monoisotopic (exact) mass is 265 g/mol. The predicted octanol–water partition coefficient (Wildman–Crippen LogP) is 0.655. The van der Waals surface area contributed by atoms with E-state index in [1.54, 1.807) is 11.6 Å². The topological polar surface area (TPSA) is 84.7 Å². The molecule has 0 aromatic carbocycles. The van der Waals surface area contributed by atoms with Gasteiger partial charge in [0.1, 0.15) is 0 Å². The van der Waals surface area contributed by atoms with Crippen LogP contribution in [-0.4, -0.2) is 25.6 Å². The first kappa shape index (κ1) is 13.4. The minimum atomic E-state index is -0.396. The van der Waals surface area contributed by atoms with Crippen LogP contribution in [0.5, 0.6) is 0 Å². The van der Waals surface area contributed by atoms with Crippen molar-refractivity contribution in [1.29, 1.82) is 0 Å². The van der Waals surface area contributed by atoms with Gasteiger partial charge in [0, 0.05) is 20.1 Å². The Balaban J connectivity index is 2.71. The summed E-state index contributed by atoms with van der Waals surface area (Å²) in [6, 6.07) is 0. The number of nitrogens with one attached hydrogen (secondary N) is 2. The van der Waals surface area contributed by atoms with Crippen LogP contribution in [-0.2, 0) is 13.6 Å². The fourth-order valence-corrected chi connectivity index (χ4v) is 2.09. The van der Waals surface area contributed by atoms with Crippen molar-refractivity contribution in [3.8, 4) is 0 Å². The molecule has 0 atom stereocenters. The lowest BCUT2D eigenvalue weighted by atomic mass is 10.3. The molecule has 0 bridgehead atoms. The molecule has 0 amide bonds. The van der Waals surface area contributed by atoms with Crippen molar-refractivity contribution in [3.05, 3.63) is 20.8 Å². The Morgan fingerprint density at radius 2 is 2.05 bits per heavy atom. The summed E-state index contributed by atoms with van der Waals surface area (Å²) in [7, 11) is 1.76. The summed E-state index contributed by atoms with van der Waals surface area (Å²) < 4.78 is 3.21. The molecule has 0 saturated carbocycles. The van der Waals surface area contributed by atoms with Crippen molar-refractivity contribution in [2.24, 2.45) is 7.05 Å². The highest BCUT2D eigenvalue weighted by atomic mass is 16.2. The van der Waals surface area contributed by atoms with Crippen molar-refractivity contribution in [2.45, 2.75) is 33.2 Å². The van der Waals surface area contributed by atoms with Crippen LogP contribution < -0.4 is 16.6 Å². The highest BCUT2D eigenvalue weighted by Crippen LogP contribution is 2.13. The van der Waals surface area contributed by atoms with Gasteiger partial charge in [0.15, 0.2) is 11.2 Å². The molecular weight excluding hydrogens is 246 g/mol. The number of imidazole rings is 1. The number of hydrogen-bond donors (Lipinski definition) is 2. The molecule has 104 valence electrons. The number of H-pyrrole nitrogens is 1. The van der Waals surface area contributed by atoms with E-state index in [1.807, 2.05) is 6.92 Å². The first-order valence-corrected chi connectivity index (χ1v) is 6.53. The van der Waals surface area contributed by atoms with Gasteiger partial charge in [-0.3, -0.25) is 14.3 Å². The van der Waals surface area contributed by atoms with Crippen LogP contribution >= 0.6 is 0 Å². The van der Waals surface area contributed by atoms with Crippen molar-refractivity contribution < 1.29 is 0 Å². The van der Waals surface area contributed by atoms with Gasteiger partial charge in [-0.2, -0.15) is 4.98 Å². The van der Waals surface area contributed by atoms with Crippen molar-refractivity contribution in [1.82, 2.24) is 19.1 Å². The molecule has 2 N–H and O–H groups in total. The summed E-state index contributed by atoms with van der Waals surface area (Å²) in [6.45, 7) is 5.27. The van der Waals surface area contributed by atoms with Crippen molar-refractivity contribution >= 4 is 17.1 Å². The van der Waals surface area contributed by atoms with E-state index in [1.165, 1.54) is 4.57 Å². The molecule has 7 nitrogen and oxygen atoms in total. The smallest absolute Gasteiger partial charge is 0.330 e. The van der Waals surface area contributed by atoms with Crippen LogP contribution in [0.15, 0.2) is 9.59 Å². The summed E-state index contributed by atoms with van der Waals surface area (Å²) in [5, 5.41) is 3.08. The molecule has 0 aliphatic heterocycles. The summed E-state index contributed by atoms with van der Waals surface area (Å²) in [4.78, 5) is 30.5. The van der Waals surface area contributed by atoms with Crippen molar-refractivity contribution in [3.63, 3.8) is 0 Å². The van der Waals surface area contributed by atoms with E-state index in [4.69, 9.17) is 0 Å². The minimum Gasteiger partial charge on any atom is -0.356 e. The fourth-order valence-electron chi connectivity index (χ4n) is 2.09. The molecule has 2 aromatic heterocycles. The number of anilines is 1. The molecule has 0 aliphatic rings. The molecule has 19 heavy (non-hydrogen) atoms. The molecular formula is C12H19N5O2. The lowest BCUT2D eigenvalue weighted by Gasteiger charge is -2.04. The third kappa shape index (κ3) is 2.27. The highest BCUT2D eigenvalue weighted by molar-refractivity contribution is 5.73. The largest absolute Gasteiger partial charge is 0.356 e. The van der Waals surface area contributed by atoms with E-state index in [9.17, 15) is 9.59 Å². The van der Waals surface area contributed by atoms with Gasteiger partial charge in [-0.1, -0.05) is 13.3 Å². The molecule has 2 aromatic rings. The standard InChI is InChI=1S/C12H19N5O2/c1-4-6-7-17-9-8(10(18)15-12(17)19)16(3)11(14-9)13-5-2/h4-7H2,1-3H3,(H,13,14)(H,15,18,19). The quantitative estimate of drug-likeness (QED) is 0.831. The number of aromatic amines is 1. The van der Waals surface area contributed by atoms with Gasteiger partial charge in [0.2, 0.25) is 5.95 Å². The van der Waals surface area contributed by atoms with E-state index < -0.39 is 11.2 Å². The van der Waals surface area contributed by atoms with Gasteiger partial charge < -0.3 is 9.88 Å². The van der Waals surface area contributed by atoms with Gasteiger partial charge in [-0.25, -0.2) is 4.79 Å². The molecule has 0 aliphatic carbocycles. The Hall–Kier alpha value is -2.05. The van der Waals surface area contributed by atoms with Crippen LogP contribution in [0.4, 0.5) is 5.95 Å². The highest BCUT2D eigenvalue weighted by Gasteiger charge is 2.15. The van der Waals surface area contributed by atoms with Gasteiger partial charge in [-0.05, 0) is 13.3 Å². The second-order valence-corrected chi connectivity index (χ2v) is 4.46. The summed E-state index contributed by atoms with van der Waals surface area (Å²) in [6.07, 6.45) is 1.84. The zero-order valence-corrected chi connectivity index (χ0v) is 11.5. The van der Waals surface area contributed by atoms with Gasteiger partial charge in [0.25, 0.3) is 5.56 Å². The summed E-state index contributed by atoms with van der Waals surface area (Å²) in [5.41, 5.74) is 0.0753. The predicted molar refractivity (Wildman–Crippen MR) is 74.7 cm³/mol. The molecule has 0 radical (unpaired) electrons. The minimum absolute atomic E-state index is 0.396.